The van der Waals surface area contributed by atoms with E-state index in [1.807, 2.05) is 0 Å². The van der Waals surface area contributed by atoms with Gasteiger partial charge in [0.2, 0.25) is 0 Å². The van der Waals surface area contributed by atoms with Gasteiger partial charge in [-0.2, -0.15) is 0 Å². The molecule has 4 aromatic carbocycles. The summed E-state index contributed by atoms with van der Waals surface area (Å²) in [6, 6.07) is 26.4. The maximum Gasteiger partial charge on any atom is 0.0494 e. The molecule has 0 saturated heterocycles. The van der Waals surface area contributed by atoms with E-state index in [0.29, 0.717) is 0 Å². The molecule has 0 unspecified atom stereocenters. The maximum absolute atomic E-state index is 2.33. The maximum atomic E-state index is 2.33. The molecule has 1 heteroatoms. The lowest BCUT2D eigenvalue weighted by Gasteiger charge is -2.30. The van der Waals surface area contributed by atoms with Crippen molar-refractivity contribution in [2.75, 3.05) is 11.9 Å². The van der Waals surface area contributed by atoms with Gasteiger partial charge in [-0.25, -0.2) is 0 Å². The van der Waals surface area contributed by atoms with Gasteiger partial charge in [0.05, 0.1) is 0 Å². The first kappa shape index (κ1) is 11.8. The Hall–Kier alpha value is -2.80. The zero-order chi connectivity index (χ0) is 14.7. The molecule has 0 bridgehead atoms. The van der Waals surface area contributed by atoms with E-state index in [-0.39, 0.29) is 0 Å². The first-order valence-electron chi connectivity index (χ1n) is 7.61. The van der Waals surface area contributed by atoms with Crippen molar-refractivity contribution in [3.05, 3.63) is 72.8 Å². The van der Waals surface area contributed by atoms with Crippen LogP contribution < -0.4 is 4.90 Å². The Morgan fingerprint density at radius 3 is 2.09 bits per heavy atom. The molecule has 1 heterocycles. The Morgan fingerprint density at radius 1 is 0.591 bits per heavy atom. The van der Waals surface area contributed by atoms with Crippen molar-refractivity contribution in [3.8, 4) is 11.1 Å². The highest BCUT2D eigenvalue weighted by molar-refractivity contribution is 6.13. The number of rotatable bonds is 0. The highest BCUT2D eigenvalue weighted by Gasteiger charge is 2.22. The van der Waals surface area contributed by atoms with Gasteiger partial charge in [0.25, 0.3) is 0 Å². The summed E-state index contributed by atoms with van der Waals surface area (Å²) < 4.78 is 0. The molecule has 0 N–H and O–H groups in total. The molecule has 4 aromatic rings. The second kappa shape index (κ2) is 4.11. The van der Waals surface area contributed by atoms with Gasteiger partial charge in [-0.05, 0) is 39.9 Å². The lowest BCUT2D eigenvalue weighted by molar-refractivity contribution is 1.22. The number of fused-ring (bicyclic) bond motifs is 3. The van der Waals surface area contributed by atoms with Gasteiger partial charge in [0.1, 0.15) is 0 Å². The fraction of sp³-hybridized carbons (Fsp3) is 0.0476. The summed E-state index contributed by atoms with van der Waals surface area (Å²) in [5, 5.41) is 5.25. The first-order valence-corrected chi connectivity index (χ1v) is 7.61. The van der Waals surface area contributed by atoms with E-state index in [0.717, 1.165) is 0 Å². The third kappa shape index (κ3) is 1.43. The number of hydrogen-bond donors (Lipinski definition) is 0. The van der Waals surface area contributed by atoms with Crippen molar-refractivity contribution in [3.63, 3.8) is 0 Å². The van der Waals surface area contributed by atoms with E-state index in [2.05, 4.69) is 84.7 Å². The van der Waals surface area contributed by atoms with Gasteiger partial charge < -0.3 is 4.90 Å². The number of hydrogen-bond acceptors (Lipinski definition) is 1. The van der Waals surface area contributed by atoms with E-state index in [4.69, 9.17) is 0 Å². The number of nitrogens with zero attached hydrogens (tertiary/aromatic N) is 1. The fourth-order valence-corrected chi connectivity index (χ4v) is 3.68. The summed E-state index contributed by atoms with van der Waals surface area (Å²) >= 11 is 0. The van der Waals surface area contributed by atoms with Crippen LogP contribution in [0.3, 0.4) is 0 Å². The molecule has 0 aromatic heterocycles. The van der Waals surface area contributed by atoms with Gasteiger partial charge in [-0.15, -0.1) is 0 Å². The van der Waals surface area contributed by atoms with Crippen LogP contribution >= 0.6 is 0 Å². The number of benzene rings is 4. The van der Waals surface area contributed by atoms with Crippen LogP contribution in [0, 0.1) is 0 Å². The molecule has 0 radical (unpaired) electrons. The average molecular weight is 281 g/mol. The van der Waals surface area contributed by atoms with E-state index < -0.39 is 0 Å². The molecule has 0 spiro atoms. The molecule has 22 heavy (non-hydrogen) atoms. The topological polar surface area (TPSA) is 3.24 Å². The van der Waals surface area contributed by atoms with Crippen LogP contribution in [0.15, 0.2) is 72.8 Å². The highest BCUT2D eigenvalue weighted by Crippen LogP contribution is 2.47. The number of anilines is 2. The minimum atomic E-state index is 1.28. The Morgan fingerprint density at radius 2 is 1.27 bits per heavy atom. The summed E-state index contributed by atoms with van der Waals surface area (Å²) in [5.74, 6) is 0. The lowest BCUT2D eigenvalue weighted by Crippen LogP contribution is -2.14. The average Bonchev–Trinajstić information content (AvgIpc) is 2.58. The smallest absolute Gasteiger partial charge is 0.0494 e. The van der Waals surface area contributed by atoms with Crippen LogP contribution in [-0.4, -0.2) is 7.05 Å². The van der Waals surface area contributed by atoms with Gasteiger partial charge >= 0.3 is 0 Å². The van der Waals surface area contributed by atoms with Crippen LogP contribution in [0.2, 0.25) is 0 Å². The molecule has 0 aliphatic carbocycles. The van der Waals surface area contributed by atoms with Crippen molar-refractivity contribution < 1.29 is 0 Å². The van der Waals surface area contributed by atoms with Crippen LogP contribution in [0.5, 0.6) is 0 Å². The van der Waals surface area contributed by atoms with Crippen molar-refractivity contribution in [2.24, 2.45) is 0 Å². The van der Waals surface area contributed by atoms with E-state index in [1.54, 1.807) is 0 Å². The minimum Gasteiger partial charge on any atom is -0.344 e. The third-order valence-electron chi connectivity index (χ3n) is 4.76. The van der Waals surface area contributed by atoms with Crippen LogP contribution in [0.25, 0.3) is 32.7 Å². The normalized spacial score (nSPS) is 12.7. The van der Waals surface area contributed by atoms with Crippen molar-refractivity contribution in [2.45, 2.75) is 0 Å². The molecule has 0 saturated carbocycles. The van der Waals surface area contributed by atoms with Gasteiger partial charge in [-0.3, -0.25) is 0 Å². The summed E-state index contributed by atoms with van der Waals surface area (Å²) in [6.07, 6.45) is 0. The Labute approximate surface area is 129 Å². The van der Waals surface area contributed by atoms with E-state index in [9.17, 15) is 0 Å². The van der Waals surface area contributed by atoms with Crippen LogP contribution in [0.1, 0.15) is 0 Å². The SMILES string of the molecule is CN1c2cc3ccccc3cc2-c2cccc3cccc1c23. The molecular weight excluding hydrogens is 266 g/mol. The minimum absolute atomic E-state index is 1.28. The molecule has 1 aliphatic rings. The third-order valence-corrected chi connectivity index (χ3v) is 4.76. The van der Waals surface area contributed by atoms with Crippen LogP contribution in [0.4, 0.5) is 11.4 Å². The summed E-state index contributed by atoms with van der Waals surface area (Å²) in [4.78, 5) is 2.32. The lowest BCUT2D eigenvalue weighted by atomic mass is 9.90. The monoisotopic (exact) mass is 281 g/mol. The largest absolute Gasteiger partial charge is 0.344 e. The molecule has 0 amide bonds. The molecule has 1 nitrogen and oxygen atoms in total. The molecule has 0 fully saturated rings. The van der Waals surface area contributed by atoms with E-state index >= 15 is 0 Å². The summed E-state index contributed by atoms with van der Waals surface area (Å²) in [6.45, 7) is 0. The second-order valence-corrected chi connectivity index (χ2v) is 5.96. The van der Waals surface area contributed by atoms with Crippen LogP contribution in [-0.2, 0) is 0 Å². The predicted octanol–water partition coefficient (Wildman–Crippen LogP) is 5.74. The Balaban J connectivity index is 1.98. The highest BCUT2D eigenvalue weighted by atomic mass is 15.1. The van der Waals surface area contributed by atoms with Crippen molar-refractivity contribution in [1.29, 1.82) is 0 Å². The molecule has 0 atom stereocenters. The van der Waals surface area contributed by atoms with E-state index in [1.165, 1.54) is 44.0 Å². The van der Waals surface area contributed by atoms with Gasteiger partial charge in [-0.1, -0.05) is 54.6 Å². The molecule has 5 rings (SSSR count). The zero-order valence-corrected chi connectivity index (χ0v) is 12.4. The van der Waals surface area contributed by atoms with Gasteiger partial charge in [0.15, 0.2) is 0 Å². The zero-order valence-electron chi connectivity index (χ0n) is 12.4. The molecule has 1 aliphatic heterocycles. The predicted molar refractivity (Wildman–Crippen MR) is 95.0 cm³/mol. The first-order chi connectivity index (χ1) is 10.8. The summed E-state index contributed by atoms with van der Waals surface area (Å²) in [7, 11) is 2.16. The molecule has 104 valence electrons. The quantitative estimate of drug-likeness (QED) is 0.397. The summed E-state index contributed by atoms with van der Waals surface area (Å²) in [5.41, 5.74) is 5.23. The Kier molecular flexibility index (Phi) is 2.21. The second-order valence-electron chi connectivity index (χ2n) is 5.96. The van der Waals surface area contributed by atoms with Crippen molar-refractivity contribution >= 4 is 32.9 Å². The van der Waals surface area contributed by atoms with Crippen molar-refractivity contribution in [1.82, 2.24) is 0 Å². The standard InChI is InChI=1S/C21H15N/c1-22-19-11-5-9-14-8-4-10-17(21(14)19)18-12-15-6-2-3-7-16(15)13-20(18)22/h2-13H,1H3. The molecular formula is C21H15N. The fourth-order valence-electron chi connectivity index (χ4n) is 3.68. The Bertz CT molecular complexity index is 1040. The van der Waals surface area contributed by atoms with Gasteiger partial charge in [0, 0.05) is 29.4 Å².